The number of hydrogen-bond donors (Lipinski definition) is 1. The zero-order chi connectivity index (χ0) is 63.0. The van der Waals surface area contributed by atoms with Gasteiger partial charge < -0.3 is 100 Å². The van der Waals surface area contributed by atoms with Gasteiger partial charge in [-0.1, -0.05) is 50.2 Å². The van der Waals surface area contributed by atoms with Crippen molar-refractivity contribution in [3.05, 3.63) is 95.0 Å². The third-order valence-electron chi connectivity index (χ3n) is 16.6. The lowest BCUT2D eigenvalue weighted by Crippen LogP contribution is -2.59. The first-order valence-electron chi connectivity index (χ1n) is 31.7. The van der Waals surface area contributed by atoms with Gasteiger partial charge in [-0.3, -0.25) is 10.1 Å². The van der Waals surface area contributed by atoms with Crippen LogP contribution < -0.4 is 43.6 Å². The molecule has 2 N–H and O–H groups in total. The summed E-state index contributed by atoms with van der Waals surface area (Å²) in [6.45, 7) is 7.90. The summed E-state index contributed by atoms with van der Waals surface area (Å²) in [7, 11) is 6.34. The van der Waals surface area contributed by atoms with E-state index in [9.17, 15) is 10.1 Å². The molecule has 6 heterocycles. The summed E-state index contributed by atoms with van der Waals surface area (Å²) in [5.41, 5.74) is 6.44. The van der Waals surface area contributed by atoms with Gasteiger partial charge in [-0.2, -0.15) is 0 Å². The summed E-state index contributed by atoms with van der Waals surface area (Å²) in [6, 6.07) is 24.4. The summed E-state index contributed by atoms with van der Waals surface area (Å²) < 4.78 is 122. The van der Waals surface area contributed by atoms with Crippen molar-refractivity contribution in [3.8, 4) is 46.0 Å². The van der Waals surface area contributed by atoms with Crippen molar-refractivity contribution in [3.63, 3.8) is 0 Å². The van der Waals surface area contributed by atoms with Gasteiger partial charge in [-0.05, 0) is 120 Å². The molecule has 0 aliphatic carbocycles. The fraction of sp³-hybridized carbons (Fsp3) is 0.636. The molecule has 500 valence electrons. The molecule has 0 amide bonds. The van der Waals surface area contributed by atoms with Crippen molar-refractivity contribution in [1.29, 1.82) is 0 Å². The molecule has 0 bridgehead atoms. The van der Waals surface area contributed by atoms with Crippen molar-refractivity contribution in [2.45, 2.75) is 165 Å². The summed E-state index contributed by atoms with van der Waals surface area (Å²) in [5, 5.41) is 11.3. The van der Waals surface area contributed by atoms with Crippen molar-refractivity contribution in [2.24, 2.45) is 11.8 Å². The summed E-state index contributed by atoms with van der Waals surface area (Å²) in [4.78, 5) is 10.8. The van der Waals surface area contributed by atoms with Crippen LogP contribution in [0.4, 0.5) is 11.4 Å². The van der Waals surface area contributed by atoms with E-state index in [1.54, 1.807) is 70.9 Å². The first kappa shape index (κ1) is 68.4. The Labute approximate surface area is 529 Å². The molecule has 24 heteroatoms. The Hall–Kier alpha value is -6.00. The lowest BCUT2D eigenvalue weighted by molar-refractivity contribution is -0.385. The highest BCUT2D eigenvalue weighted by atomic mass is 16.8. The van der Waals surface area contributed by atoms with E-state index >= 15 is 0 Å². The Kier molecular flexibility index (Phi) is 27.1. The number of methoxy groups -OCH3 is 4. The number of nitrogens with two attached hydrogens (primary N) is 1. The number of para-hydroxylation sites is 6. The van der Waals surface area contributed by atoms with Gasteiger partial charge >= 0.3 is 5.69 Å². The lowest BCUT2D eigenvalue weighted by Gasteiger charge is -2.46. The number of nitro groups is 1. The minimum atomic E-state index is -0.725. The molecule has 14 atom stereocenters. The Morgan fingerprint density at radius 2 is 0.811 bits per heavy atom. The number of hydrogen-bond acceptors (Lipinski definition) is 23. The van der Waals surface area contributed by atoms with Crippen LogP contribution in [-0.2, 0) is 56.8 Å². The average molecular weight is 1270 g/mol. The molecule has 4 aromatic rings. The fourth-order valence-corrected chi connectivity index (χ4v) is 11.6. The standard InChI is InChI=1S/C33H45NO12.C33H47NO10.H2/c1-22-27(44-33(38-3)32(46-29-16-7-9-18-42-29)30(22)45-28-15-6-8-17-41-28)21-43-31-25(37-2)13-10-14-26(31)40-20-19-39-24-12-5-4-11-23(24)34(35)36;1-22-27(21-41-31-25(35-2)13-10-14-26(31)38-20-19-37-24-12-5-4-11-23(24)34)42-33(36-3)32(44-29-16-7-9-18-40-29)30(22)43-28-15-6-8-17-39-28;/h4-5,10-14,22,27-30,32-33H,6-9,15-21H2,1-3H3;4-5,10-14,22,27-30,32-33H,6-9,15-21,34H2,1-3H3;1H/t2*22-,27?,28?,29?,30+,32-,33?;/m11./s1. The van der Waals surface area contributed by atoms with Crippen molar-refractivity contribution in [2.75, 3.05) is 100 Å². The summed E-state index contributed by atoms with van der Waals surface area (Å²) >= 11 is 0. The monoisotopic (exact) mass is 1270 g/mol. The molecule has 0 radical (unpaired) electrons. The van der Waals surface area contributed by atoms with E-state index in [2.05, 4.69) is 6.92 Å². The number of ether oxygens (including phenoxy) is 20. The highest BCUT2D eigenvalue weighted by Gasteiger charge is 2.50. The van der Waals surface area contributed by atoms with E-state index in [1.807, 2.05) is 43.3 Å². The first-order chi connectivity index (χ1) is 44.0. The third kappa shape index (κ3) is 19.1. The van der Waals surface area contributed by atoms with E-state index in [1.165, 1.54) is 6.07 Å². The van der Waals surface area contributed by atoms with E-state index in [-0.39, 0.29) is 95.1 Å². The Bertz CT molecular complexity index is 2750. The molecule has 6 aliphatic heterocycles. The molecule has 6 aliphatic rings. The van der Waals surface area contributed by atoms with Crippen LogP contribution in [0.15, 0.2) is 84.9 Å². The van der Waals surface area contributed by atoms with Gasteiger partial charge in [0.15, 0.2) is 66.5 Å². The number of anilines is 1. The maximum Gasteiger partial charge on any atom is 0.310 e. The Balaban J connectivity index is 0.000000232. The van der Waals surface area contributed by atoms with Gasteiger partial charge in [0.1, 0.15) is 57.6 Å². The van der Waals surface area contributed by atoms with Crippen molar-refractivity contribution >= 4 is 11.4 Å². The molecule has 0 spiro atoms. The topological polar surface area (TPSA) is 254 Å². The van der Waals surface area contributed by atoms with Crippen LogP contribution in [0.3, 0.4) is 0 Å². The molecule has 6 fully saturated rings. The van der Waals surface area contributed by atoms with Crippen LogP contribution in [0.2, 0.25) is 0 Å². The number of nitrogen functional groups attached to an aromatic ring is 1. The second-order valence-corrected chi connectivity index (χ2v) is 22.7. The summed E-state index contributed by atoms with van der Waals surface area (Å²) in [5.74, 6) is 3.33. The van der Waals surface area contributed by atoms with Gasteiger partial charge in [0.2, 0.25) is 11.5 Å². The normalized spacial score (nSPS) is 28.7. The zero-order valence-corrected chi connectivity index (χ0v) is 52.7. The molecule has 4 aromatic carbocycles. The number of nitro benzene ring substituents is 1. The van der Waals surface area contributed by atoms with E-state index < -0.39 is 41.9 Å². The minimum absolute atomic E-state index is 0. The zero-order valence-electron chi connectivity index (χ0n) is 52.7. The molecule has 8 unspecified atom stereocenters. The average Bonchev–Trinajstić information content (AvgIpc) is 1.13. The molecular weight excluding hydrogens is 1170 g/mol. The summed E-state index contributed by atoms with van der Waals surface area (Å²) in [6.07, 6.45) is 6.12. The smallest absolute Gasteiger partial charge is 0.310 e. The molecule has 0 aromatic heterocycles. The predicted octanol–water partition coefficient (Wildman–Crippen LogP) is 10.5. The predicted molar refractivity (Wildman–Crippen MR) is 329 cm³/mol. The third-order valence-corrected chi connectivity index (χ3v) is 16.6. The quantitative estimate of drug-likeness (QED) is 0.0229. The molecule has 6 saturated heterocycles. The van der Waals surface area contributed by atoms with E-state index in [4.69, 9.17) is 100 Å². The fourth-order valence-electron chi connectivity index (χ4n) is 11.6. The molecule has 0 saturated carbocycles. The van der Waals surface area contributed by atoms with Crippen LogP contribution in [0, 0.1) is 22.0 Å². The van der Waals surface area contributed by atoms with Crippen LogP contribution in [0.25, 0.3) is 0 Å². The van der Waals surface area contributed by atoms with Crippen molar-refractivity contribution < 1.29 is 101 Å². The van der Waals surface area contributed by atoms with Gasteiger partial charge in [0.25, 0.3) is 0 Å². The van der Waals surface area contributed by atoms with Crippen molar-refractivity contribution in [1.82, 2.24) is 0 Å². The lowest BCUT2D eigenvalue weighted by atomic mass is 9.90. The van der Waals surface area contributed by atoms with Crippen LogP contribution in [0.5, 0.6) is 46.0 Å². The second-order valence-electron chi connectivity index (χ2n) is 22.7. The van der Waals surface area contributed by atoms with Crippen LogP contribution in [0.1, 0.15) is 92.3 Å². The van der Waals surface area contributed by atoms with Crippen LogP contribution in [-0.4, -0.2) is 174 Å². The SMILES string of the molecule is COc1cccc(OCCOc2ccccc2N)c1OCC1OC(OC)[C@H](OC2CCCCO2)[C@@H](OC2CCCCO2)[C@@H]1C.COc1cccc(OCCOc2ccccc2[N+](=O)[O-])c1OCC1OC(OC)[C@H](OC2CCCCO2)[C@@H](OC2CCCCO2)[C@@H]1C.[HH]. The highest BCUT2D eigenvalue weighted by molar-refractivity contribution is 5.53. The van der Waals surface area contributed by atoms with Gasteiger partial charge in [-0.25, -0.2) is 0 Å². The first-order valence-corrected chi connectivity index (χ1v) is 31.7. The number of benzene rings is 4. The van der Waals surface area contributed by atoms with E-state index in [0.717, 1.165) is 77.0 Å². The molecular formula is C66H94N2O22. The van der Waals surface area contributed by atoms with Crippen LogP contribution >= 0.6 is 0 Å². The second kappa shape index (κ2) is 35.7. The van der Waals surface area contributed by atoms with Gasteiger partial charge in [0, 0.05) is 60.0 Å². The maximum absolute atomic E-state index is 11.3. The molecule has 24 nitrogen and oxygen atoms in total. The van der Waals surface area contributed by atoms with Gasteiger partial charge in [0.05, 0.1) is 49.2 Å². The highest BCUT2D eigenvalue weighted by Crippen LogP contribution is 2.42. The Morgan fingerprint density at radius 3 is 1.19 bits per heavy atom. The maximum atomic E-state index is 11.3. The molecule has 10 rings (SSSR count). The number of nitrogens with zero attached hydrogens (tertiary/aromatic N) is 1. The largest absolute Gasteiger partial charge is 0.493 e. The van der Waals surface area contributed by atoms with E-state index in [0.29, 0.717) is 79.0 Å². The van der Waals surface area contributed by atoms with Gasteiger partial charge in [-0.15, -0.1) is 0 Å². The molecule has 90 heavy (non-hydrogen) atoms. The minimum Gasteiger partial charge on any atom is -0.493 e. The number of rotatable bonds is 29. The Morgan fingerprint density at radius 1 is 0.456 bits per heavy atom.